The van der Waals surface area contributed by atoms with Crippen LogP contribution in [-0.2, 0) is 11.3 Å². The predicted molar refractivity (Wildman–Crippen MR) is 95.4 cm³/mol. The fourth-order valence-electron chi connectivity index (χ4n) is 2.70. The molecule has 2 heterocycles. The average Bonchev–Trinajstić information content (AvgIpc) is 3.20. The summed E-state index contributed by atoms with van der Waals surface area (Å²) in [4.78, 5) is 31.3. The quantitative estimate of drug-likeness (QED) is 0.887. The van der Waals surface area contributed by atoms with Gasteiger partial charge in [0.15, 0.2) is 5.13 Å². The number of carbonyl (C=O) groups is 2. The highest BCUT2D eigenvalue weighted by atomic mass is 32.1. The predicted octanol–water partition coefficient (Wildman–Crippen LogP) is 3.46. The van der Waals surface area contributed by atoms with Crippen LogP contribution in [0, 0.1) is 5.82 Å². The van der Waals surface area contributed by atoms with Crippen LogP contribution in [0.1, 0.15) is 53.5 Å². The summed E-state index contributed by atoms with van der Waals surface area (Å²) in [5, 5.41) is 3.45. The van der Waals surface area contributed by atoms with Gasteiger partial charge in [0.2, 0.25) is 5.91 Å². The Morgan fingerprint density at radius 3 is 2.68 bits per heavy atom. The van der Waals surface area contributed by atoms with Gasteiger partial charge in [-0.25, -0.2) is 9.37 Å². The number of amides is 2. The molecule has 1 N–H and O–H groups in total. The van der Waals surface area contributed by atoms with Crippen LogP contribution in [0.5, 0.6) is 0 Å². The normalized spacial score (nSPS) is 14.4. The molecule has 2 amide bonds. The van der Waals surface area contributed by atoms with E-state index < -0.39 is 0 Å². The maximum absolute atomic E-state index is 12.9. The number of hydrogen-bond acceptors (Lipinski definition) is 4. The molecule has 1 fully saturated rings. The molecule has 0 spiro atoms. The fourth-order valence-corrected chi connectivity index (χ4v) is 3.89. The van der Waals surface area contributed by atoms with E-state index in [1.165, 1.54) is 23.5 Å². The molecule has 25 heavy (non-hydrogen) atoms. The Hall–Kier alpha value is -2.28. The highest BCUT2D eigenvalue weighted by Crippen LogP contribution is 2.32. The largest absolute Gasteiger partial charge is 0.347 e. The second kappa shape index (κ2) is 7.31. The van der Waals surface area contributed by atoms with Crippen LogP contribution in [0.2, 0.25) is 0 Å². The molecule has 1 aliphatic heterocycles. The molecule has 0 aliphatic carbocycles. The summed E-state index contributed by atoms with van der Waals surface area (Å²) in [6, 6.07) is 6.01. The van der Waals surface area contributed by atoms with Crippen molar-refractivity contribution in [1.82, 2.24) is 10.3 Å². The van der Waals surface area contributed by atoms with Crippen molar-refractivity contribution in [2.24, 2.45) is 0 Å². The van der Waals surface area contributed by atoms with E-state index in [0.717, 1.165) is 12.0 Å². The minimum atomic E-state index is -0.306. The van der Waals surface area contributed by atoms with Gasteiger partial charge in [0.25, 0.3) is 5.91 Å². The minimum Gasteiger partial charge on any atom is -0.347 e. The van der Waals surface area contributed by atoms with E-state index in [9.17, 15) is 14.0 Å². The Balaban J connectivity index is 1.77. The Bertz CT molecular complexity index is 786. The van der Waals surface area contributed by atoms with Crippen LogP contribution >= 0.6 is 11.3 Å². The summed E-state index contributed by atoms with van der Waals surface area (Å²) in [6.45, 7) is 4.91. The van der Waals surface area contributed by atoms with Gasteiger partial charge in [-0.3, -0.25) is 14.5 Å². The summed E-state index contributed by atoms with van der Waals surface area (Å²) in [7, 11) is 0. The van der Waals surface area contributed by atoms with E-state index >= 15 is 0 Å². The lowest BCUT2D eigenvalue weighted by atomic mass is 10.1. The lowest BCUT2D eigenvalue weighted by molar-refractivity contribution is -0.117. The second-order valence-corrected chi connectivity index (χ2v) is 7.30. The first-order chi connectivity index (χ1) is 12.0. The third kappa shape index (κ3) is 3.87. The van der Waals surface area contributed by atoms with Crippen molar-refractivity contribution in [2.45, 2.75) is 39.2 Å². The number of nitrogens with one attached hydrogen (secondary N) is 1. The van der Waals surface area contributed by atoms with Gasteiger partial charge >= 0.3 is 0 Å². The highest BCUT2D eigenvalue weighted by molar-refractivity contribution is 7.17. The molecule has 3 rings (SSSR count). The van der Waals surface area contributed by atoms with Gasteiger partial charge in [0.05, 0.1) is 5.69 Å². The molecule has 0 unspecified atom stereocenters. The number of hydrogen-bond donors (Lipinski definition) is 1. The molecule has 5 nitrogen and oxygen atoms in total. The SMILES string of the molecule is CC(C)c1nc(N2CCCC2=O)sc1C(=O)NCc1ccc(F)cc1. The maximum Gasteiger partial charge on any atom is 0.263 e. The molecule has 7 heteroatoms. The summed E-state index contributed by atoms with van der Waals surface area (Å²) in [5.74, 6) is -0.389. The highest BCUT2D eigenvalue weighted by Gasteiger charge is 2.28. The van der Waals surface area contributed by atoms with Gasteiger partial charge in [-0.15, -0.1) is 0 Å². The molecule has 0 bridgehead atoms. The van der Waals surface area contributed by atoms with E-state index in [-0.39, 0.29) is 23.5 Å². The van der Waals surface area contributed by atoms with Crippen molar-refractivity contribution in [3.8, 4) is 0 Å². The molecule has 132 valence electrons. The van der Waals surface area contributed by atoms with Crippen molar-refractivity contribution >= 4 is 28.3 Å². The van der Waals surface area contributed by atoms with Gasteiger partial charge < -0.3 is 5.32 Å². The van der Waals surface area contributed by atoms with E-state index in [1.807, 2.05) is 13.8 Å². The van der Waals surface area contributed by atoms with Crippen LogP contribution in [0.3, 0.4) is 0 Å². The third-order valence-electron chi connectivity index (χ3n) is 4.07. The number of benzene rings is 1. The number of rotatable bonds is 5. The Morgan fingerprint density at radius 1 is 1.36 bits per heavy atom. The molecular weight excluding hydrogens is 341 g/mol. The first-order valence-electron chi connectivity index (χ1n) is 8.29. The molecule has 1 aliphatic rings. The molecule has 1 aromatic heterocycles. The van der Waals surface area contributed by atoms with Crippen molar-refractivity contribution in [1.29, 1.82) is 0 Å². The standard InChI is InChI=1S/C18H20FN3O2S/c1-11(2)15-16(25-18(21-15)22-9-3-4-14(22)23)17(24)20-10-12-5-7-13(19)8-6-12/h5-8,11H,3-4,9-10H2,1-2H3,(H,20,24). The molecule has 0 saturated carbocycles. The van der Waals surface area contributed by atoms with Crippen LogP contribution < -0.4 is 10.2 Å². The Kier molecular flexibility index (Phi) is 5.13. The van der Waals surface area contributed by atoms with E-state index in [0.29, 0.717) is 35.2 Å². The summed E-state index contributed by atoms with van der Waals surface area (Å²) in [6.07, 6.45) is 1.35. The maximum atomic E-state index is 12.9. The van der Waals surface area contributed by atoms with Crippen LogP contribution in [-0.4, -0.2) is 23.3 Å². The monoisotopic (exact) mass is 361 g/mol. The zero-order valence-corrected chi connectivity index (χ0v) is 15.0. The summed E-state index contributed by atoms with van der Waals surface area (Å²) < 4.78 is 12.9. The van der Waals surface area contributed by atoms with E-state index in [1.54, 1.807) is 17.0 Å². The molecule has 1 aromatic carbocycles. The van der Waals surface area contributed by atoms with Gasteiger partial charge in [0, 0.05) is 19.5 Å². The number of thiazole rings is 1. The van der Waals surface area contributed by atoms with Crippen LogP contribution in [0.4, 0.5) is 9.52 Å². The Labute approximate surface area is 149 Å². The number of anilines is 1. The average molecular weight is 361 g/mol. The number of halogens is 1. The second-order valence-electron chi connectivity index (χ2n) is 6.32. The van der Waals surface area contributed by atoms with Crippen molar-refractivity contribution < 1.29 is 14.0 Å². The third-order valence-corrected chi connectivity index (χ3v) is 5.16. The number of aromatic nitrogens is 1. The van der Waals surface area contributed by atoms with Crippen molar-refractivity contribution in [3.63, 3.8) is 0 Å². The van der Waals surface area contributed by atoms with Crippen molar-refractivity contribution in [3.05, 3.63) is 46.2 Å². The van der Waals surface area contributed by atoms with Gasteiger partial charge in [-0.05, 0) is 30.0 Å². The van der Waals surface area contributed by atoms with E-state index in [2.05, 4.69) is 10.3 Å². The topological polar surface area (TPSA) is 62.3 Å². The molecule has 2 aromatic rings. The summed E-state index contributed by atoms with van der Waals surface area (Å²) >= 11 is 1.26. The zero-order chi connectivity index (χ0) is 18.0. The minimum absolute atomic E-state index is 0.0577. The fraction of sp³-hybridized carbons (Fsp3) is 0.389. The first kappa shape index (κ1) is 17.5. The van der Waals surface area contributed by atoms with Crippen LogP contribution in [0.25, 0.3) is 0 Å². The van der Waals surface area contributed by atoms with Crippen molar-refractivity contribution in [2.75, 3.05) is 11.4 Å². The first-order valence-corrected chi connectivity index (χ1v) is 9.11. The molecule has 0 atom stereocenters. The van der Waals surface area contributed by atoms with E-state index in [4.69, 9.17) is 0 Å². The smallest absolute Gasteiger partial charge is 0.263 e. The van der Waals surface area contributed by atoms with Gasteiger partial charge in [-0.1, -0.05) is 37.3 Å². The number of carbonyl (C=O) groups excluding carboxylic acids is 2. The Morgan fingerprint density at radius 2 is 2.08 bits per heavy atom. The lowest BCUT2D eigenvalue weighted by Crippen LogP contribution is -2.23. The number of nitrogens with zero attached hydrogens (tertiary/aromatic N) is 2. The molecular formula is C18H20FN3O2S. The molecule has 1 saturated heterocycles. The van der Waals surface area contributed by atoms with Gasteiger partial charge in [0.1, 0.15) is 10.7 Å². The molecule has 0 radical (unpaired) electrons. The zero-order valence-electron chi connectivity index (χ0n) is 14.2. The van der Waals surface area contributed by atoms with Crippen LogP contribution in [0.15, 0.2) is 24.3 Å². The lowest BCUT2D eigenvalue weighted by Gasteiger charge is -2.10. The van der Waals surface area contributed by atoms with Gasteiger partial charge in [-0.2, -0.15) is 0 Å². The summed E-state index contributed by atoms with van der Waals surface area (Å²) in [5.41, 5.74) is 1.52.